The number of amides is 1. The van der Waals surface area contributed by atoms with Gasteiger partial charge >= 0.3 is 0 Å². The molecule has 1 N–H and O–H groups in total. The minimum atomic E-state index is 0.105. The van der Waals surface area contributed by atoms with Gasteiger partial charge in [0, 0.05) is 12.1 Å². The molecule has 0 saturated carbocycles. The second kappa shape index (κ2) is 5.85. The van der Waals surface area contributed by atoms with Gasteiger partial charge in [-0.3, -0.25) is 4.79 Å². The van der Waals surface area contributed by atoms with E-state index >= 15 is 0 Å². The molecule has 0 atom stereocenters. The summed E-state index contributed by atoms with van der Waals surface area (Å²) in [6.45, 7) is 4.10. The molecule has 2 rings (SSSR count). The van der Waals surface area contributed by atoms with Gasteiger partial charge in [0.1, 0.15) is 0 Å². The summed E-state index contributed by atoms with van der Waals surface area (Å²) >= 11 is 0. The molecule has 0 saturated heterocycles. The van der Waals surface area contributed by atoms with Gasteiger partial charge in [0.25, 0.3) is 0 Å². The van der Waals surface area contributed by atoms with Crippen LogP contribution in [0.25, 0.3) is 0 Å². The first-order valence-electron chi connectivity index (χ1n) is 6.69. The Morgan fingerprint density at radius 2 is 1.89 bits per heavy atom. The zero-order chi connectivity index (χ0) is 13.0. The third-order valence-corrected chi connectivity index (χ3v) is 3.28. The molecular formula is C16H21NO. The van der Waals surface area contributed by atoms with Gasteiger partial charge in [0.15, 0.2) is 0 Å². The van der Waals surface area contributed by atoms with Crippen LogP contribution in [-0.2, 0) is 4.79 Å². The summed E-state index contributed by atoms with van der Waals surface area (Å²) in [6.07, 6.45) is 7.48. The van der Waals surface area contributed by atoms with Gasteiger partial charge < -0.3 is 5.32 Å². The predicted octanol–water partition coefficient (Wildman–Crippen LogP) is 4.13. The number of nitrogens with one attached hydrogen (secondary N) is 1. The molecule has 1 amide bonds. The van der Waals surface area contributed by atoms with Crippen molar-refractivity contribution in [1.29, 1.82) is 0 Å². The van der Waals surface area contributed by atoms with Crippen LogP contribution in [0.5, 0.6) is 0 Å². The molecular weight excluding hydrogens is 222 g/mol. The van der Waals surface area contributed by atoms with Gasteiger partial charge in [-0.2, -0.15) is 0 Å². The number of carbonyl (C=O) groups is 1. The lowest BCUT2D eigenvalue weighted by Gasteiger charge is -2.13. The monoisotopic (exact) mass is 243 g/mol. The molecule has 0 unspecified atom stereocenters. The van der Waals surface area contributed by atoms with Crippen molar-refractivity contribution >= 4 is 11.6 Å². The summed E-state index contributed by atoms with van der Waals surface area (Å²) in [4.78, 5) is 12.0. The van der Waals surface area contributed by atoms with Crippen molar-refractivity contribution in [3.63, 3.8) is 0 Å². The zero-order valence-corrected chi connectivity index (χ0v) is 11.3. The fraction of sp³-hybridized carbons (Fsp3) is 0.438. The number of aryl methyl sites for hydroxylation is 2. The quantitative estimate of drug-likeness (QED) is 0.794. The number of rotatable bonds is 3. The Morgan fingerprint density at radius 3 is 2.50 bits per heavy atom. The topological polar surface area (TPSA) is 29.1 Å². The van der Waals surface area contributed by atoms with Crippen LogP contribution in [0.3, 0.4) is 0 Å². The van der Waals surface area contributed by atoms with Crippen LogP contribution in [-0.4, -0.2) is 5.91 Å². The summed E-state index contributed by atoms with van der Waals surface area (Å²) in [6, 6.07) is 6.14. The highest BCUT2D eigenvalue weighted by atomic mass is 16.1. The van der Waals surface area contributed by atoms with Crippen molar-refractivity contribution in [1.82, 2.24) is 0 Å². The highest BCUT2D eigenvalue weighted by molar-refractivity contribution is 5.92. The highest BCUT2D eigenvalue weighted by Gasteiger charge is 2.09. The Labute approximate surface area is 109 Å². The van der Waals surface area contributed by atoms with E-state index < -0.39 is 0 Å². The Balaban J connectivity index is 1.96. The number of hydrogen-bond donors (Lipinski definition) is 1. The Morgan fingerprint density at radius 1 is 1.17 bits per heavy atom. The summed E-state index contributed by atoms with van der Waals surface area (Å²) < 4.78 is 0. The summed E-state index contributed by atoms with van der Waals surface area (Å²) in [5.41, 5.74) is 4.57. The smallest absolute Gasteiger partial charge is 0.228 e. The van der Waals surface area contributed by atoms with E-state index in [9.17, 15) is 4.79 Å². The second-order valence-corrected chi connectivity index (χ2v) is 5.21. The lowest BCUT2D eigenvalue weighted by molar-refractivity contribution is -0.115. The van der Waals surface area contributed by atoms with Crippen molar-refractivity contribution in [2.24, 2.45) is 0 Å². The molecule has 18 heavy (non-hydrogen) atoms. The first-order chi connectivity index (χ1) is 8.63. The van der Waals surface area contributed by atoms with E-state index in [0.29, 0.717) is 6.42 Å². The van der Waals surface area contributed by atoms with E-state index in [2.05, 4.69) is 17.5 Å². The van der Waals surface area contributed by atoms with E-state index in [0.717, 1.165) is 18.5 Å². The minimum Gasteiger partial charge on any atom is -0.326 e. The third kappa shape index (κ3) is 3.73. The van der Waals surface area contributed by atoms with Gasteiger partial charge in [0.05, 0.1) is 0 Å². The number of benzene rings is 1. The van der Waals surface area contributed by atoms with Gasteiger partial charge in [-0.1, -0.05) is 17.7 Å². The molecule has 96 valence electrons. The lowest BCUT2D eigenvalue weighted by atomic mass is 9.97. The maximum atomic E-state index is 12.0. The molecule has 0 heterocycles. The number of hydrogen-bond acceptors (Lipinski definition) is 1. The molecule has 1 aliphatic rings. The van der Waals surface area contributed by atoms with Crippen molar-refractivity contribution in [3.05, 3.63) is 41.0 Å². The van der Waals surface area contributed by atoms with Crippen LogP contribution in [0.2, 0.25) is 0 Å². The molecule has 0 fully saturated rings. The van der Waals surface area contributed by atoms with Crippen molar-refractivity contribution in [2.75, 3.05) is 5.32 Å². The van der Waals surface area contributed by atoms with Gasteiger partial charge in [0.2, 0.25) is 5.91 Å². The molecule has 0 spiro atoms. The van der Waals surface area contributed by atoms with Crippen molar-refractivity contribution in [3.8, 4) is 0 Å². The molecule has 0 aromatic heterocycles. The SMILES string of the molecule is Cc1cc(C)cc(NC(=O)CC2=CCCCC2)c1. The summed E-state index contributed by atoms with van der Waals surface area (Å²) in [5, 5.41) is 2.99. The molecule has 0 radical (unpaired) electrons. The molecule has 0 aliphatic heterocycles. The average Bonchev–Trinajstić information content (AvgIpc) is 2.28. The van der Waals surface area contributed by atoms with Crippen LogP contribution >= 0.6 is 0 Å². The standard InChI is InChI=1S/C16H21NO/c1-12-8-13(2)10-15(9-12)17-16(18)11-14-6-4-3-5-7-14/h6,8-10H,3-5,7,11H2,1-2H3,(H,17,18). The van der Waals surface area contributed by atoms with Crippen LogP contribution in [0.1, 0.15) is 43.2 Å². The zero-order valence-electron chi connectivity index (χ0n) is 11.3. The van der Waals surface area contributed by atoms with Crippen LogP contribution in [0.4, 0.5) is 5.69 Å². The van der Waals surface area contributed by atoms with E-state index in [1.165, 1.54) is 29.5 Å². The Hall–Kier alpha value is -1.57. The number of allylic oxidation sites excluding steroid dienone is 1. The lowest BCUT2D eigenvalue weighted by Crippen LogP contribution is -2.13. The minimum absolute atomic E-state index is 0.105. The van der Waals surface area contributed by atoms with Crippen molar-refractivity contribution in [2.45, 2.75) is 46.0 Å². The maximum absolute atomic E-state index is 12.0. The average molecular weight is 243 g/mol. The van der Waals surface area contributed by atoms with Gasteiger partial charge in [-0.15, -0.1) is 0 Å². The number of carbonyl (C=O) groups excluding carboxylic acids is 1. The van der Waals surface area contributed by atoms with Crippen LogP contribution < -0.4 is 5.32 Å². The Bertz CT molecular complexity index is 454. The largest absolute Gasteiger partial charge is 0.326 e. The van der Waals surface area contributed by atoms with Crippen LogP contribution in [0, 0.1) is 13.8 Å². The fourth-order valence-corrected chi connectivity index (χ4v) is 2.52. The second-order valence-electron chi connectivity index (χ2n) is 5.21. The molecule has 2 heteroatoms. The predicted molar refractivity (Wildman–Crippen MR) is 75.7 cm³/mol. The molecule has 2 nitrogen and oxygen atoms in total. The third-order valence-electron chi connectivity index (χ3n) is 3.28. The van der Waals surface area contributed by atoms with Crippen LogP contribution in [0.15, 0.2) is 29.8 Å². The van der Waals surface area contributed by atoms with E-state index in [4.69, 9.17) is 0 Å². The number of anilines is 1. The first kappa shape index (κ1) is 12.9. The van der Waals surface area contributed by atoms with E-state index in [-0.39, 0.29) is 5.91 Å². The van der Waals surface area contributed by atoms with Gasteiger partial charge in [-0.05, 0) is 62.8 Å². The summed E-state index contributed by atoms with van der Waals surface area (Å²) in [5.74, 6) is 0.105. The molecule has 0 bridgehead atoms. The van der Waals surface area contributed by atoms with Crippen molar-refractivity contribution < 1.29 is 4.79 Å². The van der Waals surface area contributed by atoms with Gasteiger partial charge in [-0.25, -0.2) is 0 Å². The molecule has 1 aromatic carbocycles. The maximum Gasteiger partial charge on any atom is 0.228 e. The fourth-order valence-electron chi connectivity index (χ4n) is 2.52. The van der Waals surface area contributed by atoms with E-state index in [1.807, 2.05) is 26.0 Å². The first-order valence-corrected chi connectivity index (χ1v) is 6.69. The molecule has 1 aromatic rings. The highest BCUT2D eigenvalue weighted by Crippen LogP contribution is 2.21. The Kier molecular flexibility index (Phi) is 4.19. The summed E-state index contributed by atoms with van der Waals surface area (Å²) in [7, 11) is 0. The van der Waals surface area contributed by atoms with E-state index in [1.54, 1.807) is 0 Å². The molecule has 1 aliphatic carbocycles. The normalized spacial score (nSPS) is 15.1.